The van der Waals surface area contributed by atoms with Crippen LogP contribution in [0.1, 0.15) is 13.8 Å². The molecule has 0 aromatic rings. The predicted octanol–water partition coefficient (Wildman–Crippen LogP) is -0.888. The SMILES string of the molecule is CC(=O)/C=C(/[O-])C(F)(F)F.CC(=O)/C=C(/[O-])C(F)(F)F.O.O.[Ni+2]. The fraction of sp³-hybridized carbons (Fsp3) is 0.400. The van der Waals surface area contributed by atoms with E-state index >= 15 is 0 Å². The second-order valence-electron chi connectivity index (χ2n) is 3.23. The Kier molecular flexibility index (Phi) is 18.6. The molecule has 0 aliphatic heterocycles. The van der Waals surface area contributed by atoms with Gasteiger partial charge in [-0.05, 0) is 37.5 Å². The molecule has 4 N–H and O–H groups in total. The summed E-state index contributed by atoms with van der Waals surface area (Å²) in [5.74, 6) is -6.02. The number of rotatable bonds is 2. The molecule has 0 saturated carbocycles. The number of alkyl halides is 6. The summed E-state index contributed by atoms with van der Waals surface area (Å²) >= 11 is 0. The first-order valence-corrected chi connectivity index (χ1v) is 4.61. The van der Waals surface area contributed by atoms with Crippen molar-refractivity contribution in [1.82, 2.24) is 0 Å². The van der Waals surface area contributed by atoms with Gasteiger partial charge < -0.3 is 21.2 Å². The molecule has 0 fully saturated rings. The van der Waals surface area contributed by atoms with E-state index < -0.39 is 35.4 Å². The fourth-order valence-corrected chi connectivity index (χ4v) is 0.533. The molecule has 6 nitrogen and oxygen atoms in total. The average Bonchev–Trinajstić information content (AvgIpc) is 2.13. The Balaban J connectivity index is -0.0000000831. The molecule has 0 radical (unpaired) electrons. The van der Waals surface area contributed by atoms with Crippen LogP contribution in [0.4, 0.5) is 26.3 Å². The van der Waals surface area contributed by atoms with Crippen molar-refractivity contribution in [3.05, 3.63) is 23.7 Å². The van der Waals surface area contributed by atoms with Gasteiger partial charge in [-0.15, -0.1) is 0 Å². The number of hydrogen-bond acceptors (Lipinski definition) is 4. The Labute approximate surface area is 136 Å². The van der Waals surface area contributed by atoms with Crippen LogP contribution in [0.2, 0.25) is 0 Å². The summed E-state index contributed by atoms with van der Waals surface area (Å²) in [6, 6.07) is 0. The average molecular weight is 401 g/mol. The summed E-state index contributed by atoms with van der Waals surface area (Å²) in [7, 11) is 0. The quantitative estimate of drug-likeness (QED) is 0.256. The van der Waals surface area contributed by atoms with Crippen molar-refractivity contribution in [1.29, 1.82) is 0 Å². The van der Waals surface area contributed by atoms with Gasteiger partial charge in [0.05, 0.1) is 0 Å². The Hall–Kier alpha value is -1.59. The van der Waals surface area contributed by atoms with Crippen LogP contribution in [-0.4, -0.2) is 34.9 Å². The summed E-state index contributed by atoms with van der Waals surface area (Å²) in [5.41, 5.74) is 0. The van der Waals surface area contributed by atoms with Gasteiger partial charge in [-0.2, -0.15) is 26.3 Å². The van der Waals surface area contributed by atoms with Crippen LogP contribution in [0.25, 0.3) is 0 Å². The minimum Gasteiger partial charge on any atom is -0.869 e. The van der Waals surface area contributed by atoms with Crippen LogP contribution >= 0.6 is 0 Å². The number of carbonyl (C=O) groups is 2. The molecule has 0 aromatic heterocycles. The third-order valence-corrected chi connectivity index (χ3v) is 1.23. The van der Waals surface area contributed by atoms with Gasteiger partial charge in [0.1, 0.15) is 0 Å². The second-order valence-corrected chi connectivity index (χ2v) is 3.23. The number of ketones is 2. The molecule has 0 heterocycles. The summed E-state index contributed by atoms with van der Waals surface area (Å²) in [6.07, 6.45) is -9.82. The Bertz CT molecular complexity index is 387. The van der Waals surface area contributed by atoms with E-state index in [2.05, 4.69) is 0 Å². The van der Waals surface area contributed by atoms with Crippen LogP contribution in [0.3, 0.4) is 0 Å². The van der Waals surface area contributed by atoms with Crippen molar-refractivity contribution in [3.63, 3.8) is 0 Å². The molecule has 0 atom stereocenters. The van der Waals surface area contributed by atoms with E-state index in [1.807, 2.05) is 0 Å². The van der Waals surface area contributed by atoms with E-state index in [1.54, 1.807) is 0 Å². The molecule has 0 aliphatic rings. The zero-order valence-corrected chi connectivity index (χ0v) is 12.4. The van der Waals surface area contributed by atoms with Crippen LogP contribution in [0.15, 0.2) is 23.7 Å². The summed E-state index contributed by atoms with van der Waals surface area (Å²) in [5, 5.41) is 19.7. The van der Waals surface area contributed by atoms with E-state index in [-0.39, 0.29) is 39.6 Å². The molecule has 0 unspecified atom stereocenters. The van der Waals surface area contributed by atoms with Crippen LogP contribution < -0.4 is 10.2 Å². The number of halogens is 6. The molecule has 0 amide bonds. The van der Waals surface area contributed by atoms with Gasteiger partial charge in [0.15, 0.2) is 11.6 Å². The number of allylic oxidation sites excluding steroid dienone is 4. The predicted molar refractivity (Wildman–Crippen MR) is 56.9 cm³/mol. The Morgan fingerprint density at radius 3 is 0.957 bits per heavy atom. The maximum Gasteiger partial charge on any atom is 2.00 e. The van der Waals surface area contributed by atoms with Crippen molar-refractivity contribution in [2.24, 2.45) is 0 Å². The zero-order valence-electron chi connectivity index (χ0n) is 11.4. The molecular weight excluding hydrogens is 389 g/mol. The second kappa shape index (κ2) is 12.9. The van der Waals surface area contributed by atoms with Gasteiger partial charge in [0.25, 0.3) is 0 Å². The third kappa shape index (κ3) is 20.4. The molecule has 0 saturated heterocycles. The van der Waals surface area contributed by atoms with Gasteiger partial charge in [-0.1, -0.05) is 0 Å². The molecule has 0 spiro atoms. The van der Waals surface area contributed by atoms with E-state index in [0.717, 1.165) is 13.8 Å². The van der Waals surface area contributed by atoms with Gasteiger partial charge in [-0.25, -0.2) is 0 Å². The van der Waals surface area contributed by atoms with Crippen molar-refractivity contribution in [3.8, 4) is 0 Å². The maximum atomic E-state index is 11.3. The largest absolute Gasteiger partial charge is 2.00 e. The molecule has 0 rings (SSSR count). The smallest absolute Gasteiger partial charge is 0.869 e. The van der Waals surface area contributed by atoms with Crippen LogP contribution in [0, 0.1) is 0 Å². The zero-order chi connectivity index (χ0) is 16.7. The third-order valence-electron chi connectivity index (χ3n) is 1.23. The number of carbonyl (C=O) groups excluding carboxylic acids is 2. The summed E-state index contributed by atoms with van der Waals surface area (Å²) < 4.78 is 67.7. The number of hydrogen-bond donors (Lipinski definition) is 0. The monoisotopic (exact) mass is 400 g/mol. The van der Waals surface area contributed by atoms with Gasteiger partial charge in [0, 0.05) is 0 Å². The van der Waals surface area contributed by atoms with E-state index in [0.29, 0.717) is 0 Å². The topological polar surface area (TPSA) is 143 Å². The fourth-order valence-electron chi connectivity index (χ4n) is 0.533. The van der Waals surface area contributed by atoms with Gasteiger partial charge >= 0.3 is 28.8 Å². The van der Waals surface area contributed by atoms with Crippen molar-refractivity contribution < 1.29 is 73.6 Å². The van der Waals surface area contributed by atoms with Crippen molar-refractivity contribution in [2.75, 3.05) is 0 Å². The summed E-state index contributed by atoms with van der Waals surface area (Å²) in [4.78, 5) is 19.8. The molecule has 0 aromatic carbocycles. The molecule has 0 bridgehead atoms. The first-order chi connectivity index (χ1) is 8.67. The maximum absolute atomic E-state index is 11.3. The minimum atomic E-state index is -4.92. The van der Waals surface area contributed by atoms with E-state index in [9.17, 15) is 46.1 Å². The molecule has 0 aliphatic carbocycles. The molecule has 23 heavy (non-hydrogen) atoms. The molecular formula is C10H12F6NiO6. The minimum absolute atomic E-state index is 0. The standard InChI is InChI=1S/2C5H5F3O2.Ni.2H2O/c2*1-3(9)2-4(10)5(6,7)8;;;/h2*2,10H,1H3;;2*1H2/q;;+2;;/p-2/b2*4-2+;;;. The van der Waals surface area contributed by atoms with Crippen molar-refractivity contribution in [2.45, 2.75) is 26.2 Å². The Morgan fingerprint density at radius 1 is 0.739 bits per heavy atom. The van der Waals surface area contributed by atoms with Crippen molar-refractivity contribution >= 4 is 11.6 Å². The van der Waals surface area contributed by atoms with Gasteiger partial charge in [-0.3, -0.25) is 9.59 Å². The molecule has 13 heteroatoms. The first-order valence-electron chi connectivity index (χ1n) is 4.61. The normalized spacial score (nSPS) is 11.7. The van der Waals surface area contributed by atoms with E-state index in [4.69, 9.17) is 0 Å². The van der Waals surface area contributed by atoms with E-state index in [1.165, 1.54) is 0 Å². The first kappa shape index (κ1) is 33.1. The Morgan fingerprint density at radius 2 is 0.913 bits per heavy atom. The molecule has 140 valence electrons. The summed E-state index contributed by atoms with van der Waals surface area (Å²) in [6.45, 7) is 1.76. The van der Waals surface area contributed by atoms with Crippen LogP contribution in [-0.2, 0) is 26.1 Å². The van der Waals surface area contributed by atoms with Crippen LogP contribution in [0.5, 0.6) is 0 Å². The van der Waals surface area contributed by atoms with Gasteiger partial charge in [0.2, 0.25) is 0 Å².